The van der Waals surface area contributed by atoms with E-state index in [2.05, 4.69) is 39.0 Å². The van der Waals surface area contributed by atoms with Crippen LogP contribution in [0.15, 0.2) is 24.3 Å². The van der Waals surface area contributed by atoms with Crippen LogP contribution in [-0.2, 0) is 10.2 Å². The summed E-state index contributed by atoms with van der Waals surface area (Å²) in [4.78, 5) is 12.5. The highest BCUT2D eigenvalue weighted by Gasteiger charge is 2.39. The molecular formula is C19H26O2. The highest BCUT2D eigenvalue weighted by molar-refractivity contribution is 5.83. The molecule has 0 amide bonds. The molecule has 3 rings (SSSR count). The van der Waals surface area contributed by atoms with Gasteiger partial charge in [0, 0.05) is 12.3 Å². The molecule has 0 spiro atoms. The molecule has 2 aliphatic carbocycles. The monoisotopic (exact) mass is 286 g/mol. The number of ketones is 1. The first kappa shape index (κ1) is 14.6. The van der Waals surface area contributed by atoms with E-state index >= 15 is 0 Å². The molecule has 2 aliphatic rings. The number of carbonyl (C=O) groups is 1. The Morgan fingerprint density at radius 2 is 1.90 bits per heavy atom. The summed E-state index contributed by atoms with van der Waals surface area (Å²) in [6.07, 6.45) is 5.69. The summed E-state index contributed by atoms with van der Waals surface area (Å²) >= 11 is 0. The van der Waals surface area contributed by atoms with Gasteiger partial charge in [-0.05, 0) is 54.7 Å². The second-order valence-corrected chi connectivity index (χ2v) is 7.47. The summed E-state index contributed by atoms with van der Waals surface area (Å²) < 4.78 is 5.91. The minimum atomic E-state index is -0.111. The zero-order valence-corrected chi connectivity index (χ0v) is 13.4. The normalized spacial score (nSPS) is 26.7. The Balaban J connectivity index is 1.81. The summed E-state index contributed by atoms with van der Waals surface area (Å²) in [5.41, 5.74) is 1.12. The topological polar surface area (TPSA) is 26.3 Å². The van der Waals surface area contributed by atoms with Crippen LogP contribution in [0.3, 0.4) is 0 Å². The van der Waals surface area contributed by atoms with Gasteiger partial charge in [-0.3, -0.25) is 4.79 Å². The predicted molar refractivity (Wildman–Crippen MR) is 84.6 cm³/mol. The van der Waals surface area contributed by atoms with E-state index in [1.807, 2.05) is 6.07 Å². The Labute approximate surface area is 127 Å². The average Bonchev–Trinajstić information content (AvgIpc) is 3.22. The van der Waals surface area contributed by atoms with Crippen LogP contribution in [-0.4, -0.2) is 11.9 Å². The Hall–Kier alpha value is -1.31. The molecule has 1 aromatic carbocycles. The molecule has 0 radical (unpaired) electrons. The van der Waals surface area contributed by atoms with E-state index in [0.717, 1.165) is 25.0 Å². The highest BCUT2D eigenvalue weighted by Crippen LogP contribution is 2.41. The lowest BCUT2D eigenvalue weighted by Gasteiger charge is -2.38. The summed E-state index contributed by atoms with van der Waals surface area (Å²) in [5, 5.41) is 0. The van der Waals surface area contributed by atoms with Gasteiger partial charge >= 0.3 is 0 Å². The molecule has 2 fully saturated rings. The maximum atomic E-state index is 12.5. The zero-order valence-electron chi connectivity index (χ0n) is 13.4. The van der Waals surface area contributed by atoms with Crippen molar-refractivity contribution in [3.63, 3.8) is 0 Å². The maximum Gasteiger partial charge on any atom is 0.137 e. The van der Waals surface area contributed by atoms with E-state index in [1.54, 1.807) is 0 Å². The van der Waals surface area contributed by atoms with Gasteiger partial charge in [0.05, 0.1) is 6.10 Å². The van der Waals surface area contributed by atoms with Gasteiger partial charge in [-0.2, -0.15) is 0 Å². The fraction of sp³-hybridized carbons (Fsp3) is 0.632. The Morgan fingerprint density at radius 1 is 1.14 bits per heavy atom. The van der Waals surface area contributed by atoms with Crippen LogP contribution in [0, 0.1) is 11.8 Å². The lowest BCUT2D eigenvalue weighted by molar-refractivity contribution is -0.128. The third-order valence-corrected chi connectivity index (χ3v) is 5.16. The minimum Gasteiger partial charge on any atom is -0.490 e. The number of carbonyl (C=O) groups excluding carboxylic acids is 1. The third kappa shape index (κ3) is 3.14. The van der Waals surface area contributed by atoms with Gasteiger partial charge in [-0.1, -0.05) is 32.9 Å². The number of Topliss-reactive ketones (excluding diaryl/α,β-unsaturated/α-hetero) is 1. The lowest BCUT2D eigenvalue weighted by atomic mass is 9.65. The number of benzene rings is 1. The van der Waals surface area contributed by atoms with Crippen LogP contribution in [0.5, 0.6) is 5.75 Å². The van der Waals surface area contributed by atoms with Crippen molar-refractivity contribution < 1.29 is 9.53 Å². The van der Waals surface area contributed by atoms with Crippen molar-refractivity contribution in [2.45, 2.75) is 64.4 Å². The van der Waals surface area contributed by atoms with Crippen LogP contribution in [0.2, 0.25) is 0 Å². The SMILES string of the molecule is CC1CCC(C(C)(C)c2cccc(OC3CC3)c2)C(=O)C1. The van der Waals surface area contributed by atoms with E-state index in [0.29, 0.717) is 17.8 Å². The average molecular weight is 286 g/mol. The van der Waals surface area contributed by atoms with E-state index in [9.17, 15) is 4.79 Å². The fourth-order valence-electron chi connectivity index (χ4n) is 3.51. The lowest BCUT2D eigenvalue weighted by Crippen LogP contribution is -2.38. The van der Waals surface area contributed by atoms with Crippen molar-refractivity contribution in [3.8, 4) is 5.75 Å². The van der Waals surface area contributed by atoms with Gasteiger partial charge in [0.15, 0.2) is 0 Å². The Bertz CT molecular complexity index is 528. The quantitative estimate of drug-likeness (QED) is 0.814. The molecule has 0 N–H and O–H groups in total. The molecule has 2 heteroatoms. The molecule has 0 heterocycles. The van der Waals surface area contributed by atoms with E-state index < -0.39 is 0 Å². The maximum absolute atomic E-state index is 12.5. The van der Waals surface area contributed by atoms with Crippen molar-refractivity contribution in [2.24, 2.45) is 11.8 Å². The largest absolute Gasteiger partial charge is 0.490 e. The van der Waals surface area contributed by atoms with E-state index in [-0.39, 0.29) is 11.3 Å². The first-order valence-corrected chi connectivity index (χ1v) is 8.26. The molecule has 2 saturated carbocycles. The van der Waals surface area contributed by atoms with Gasteiger partial charge < -0.3 is 4.74 Å². The second kappa shape index (κ2) is 5.47. The molecule has 1 aromatic rings. The summed E-state index contributed by atoms with van der Waals surface area (Å²) in [6.45, 7) is 6.61. The molecule has 21 heavy (non-hydrogen) atoms. The standard InChI is InChI=1S/C19H26O2/c1-13-7-10-17(18(20)11-13)19(2,3)14-5-4-6-16(12-14)21-15-8-9-15/h4-6,12-13,15,17H,7-11H2,1-3H3. The summed E-state index contributed by atoms with van der Waals surface area (Å²) in [5.74, 6) is 2.09. The molecule has 0 saturated heterocycles. The highest BCUT2D eigenvalue weighted by atomic mass is 16.5. The Morgan fingerprint density at radius 3 is 2.57 bits per heavy atom. The zero-order chi connectivity index (χ0) is 15.0. The van der Waals surface area contributed by atoms with Gasteiger partial charge in [0.25, 0.3) is 0 Å². The predicted octanol–water partition coefficient (Wildman–Crippen LogP) is 4.51. The number of hydrogen-bond donors (Lipinski definition) is 0. The van der Waals surface area contributed by atoms with Gasteiger partial charge in [-0.25, -0.2) is 0 Å². The molecule has 0 aliphatic heterocycles. The molecule has 0 bridgehead atoms. The van der Waals surface area contributed by atoms with Crippen molar-refractivity contribution in [2.75, 3.05) is 0 Å². The Kier molecular flexibility index (Phi) is 3.81. The molecule has 2 atom stereocenters. The van der Waals surface area contributed by atoms with Gasteiger partial charge in [0.1, 0.15) is 11.5 Å². The van der Waals surface area contributed by atoms with Crippen LogP contribution >= 0.6 is 0 Å². The second-order valence-electron chi connectivity index (χ2n) is 7.47. The first-order valence-electron chi connectivity index (χ1n) is 8.26. The van der Waals surface area contributed by atoms with Crippen molar-refractivity contribution in [1.82, 2.24) is 0 Å². The first-order chi connectivity index (χ1) is 9.96. The van der Waals surface area contributed by atoms with Crippen LogP contribution in [0.4, 0.5) is 0 Å². The van der Waals surface area contributed by atoms with E-state index in [1.165, 1.54) is 18.4 Å². The van der Waals surface area contributed by atoms with E-state index in [4.69, 9.17) is 4.74 Å². The summed E-state index contributed by atoms with van der Waals surface area (Å²) in [7, 11) is 0. The van der Waals surface area contributed by atoms with Crippen molar-refractivity contribution >= 4 is 5.78 Å². The smallest absolute Gasteiger partial charge is 0.137 e. The molecule has 0 aromatic heterocycles. The van der Waals surface area contributed by atoms with Crippen molar-refractivity contribution in [3.05, 3.63) is 29.8 Å². The molecule has 2 nitrogen and oxygen atoms in total. The fourth-order valence-corrected chi connectivity index (χ4v) is 3.51. The number of hydrogen-bond acceptors (Lipinski definition) is 2. The molecular weight excluding hydrogens is 260 g/mol. The van der Waals surface area contributed by atoms with Crippen LogP contribution in [0.25, 0.3) is 0 Å². The van der Waals surface area contributed by atoms with Crippen molar-refractivity contribution in [1.29, 1.82) is 0 Å². The van der Waals surface area contributed by atoms with Gasteiger partial charge in [-0.15, -0.1) is 0 Å². The third-order valence-electron chi connectivity index (χ3n) is 5.16. The number of ether oxygens (including phenoxy) is 1. The number of rotatable bonds is 4. The van der Waals surface area contributed by atoms with Crippen LogP contribution < -0.4 is 4.74 Å². The van der Waals surface area contributed by atoms with Gasteiger partial charge in [0.2, 0.25) is 0 Å². The molecule has 114 valence electrons. The molecule has 2 unspecified atom stereocenters. The summed E-state index contributed by atoms with van der Waals surface area (Å²) in [6, 6.07) is 8.38. The minimum absolute atomic E-state index is 0.111. The van der Waals surface area contributed by atoms with Crippen LogP contribution in [0.1, 0.15) is 58.4 Å².